The molecule has 0 aliphatic heterocycles. The van der Waals surface area contributed by atoms with Gasteiger partial charge >= 0.3 is 0 Å². The first kappa shape index (κ1) is 16.3. The third-order valence-electron chi connectivity index (χ3n) is 2.98. The summed E-state index contributed by atoms with van der Waals surface area (Å²) in [6, 6.07) is 5.98. The second-order valence-electron chi connectivity index (χ2n) is 4.26. The standard InChI is InChI=1S/C15H19NO3S/c1-5-19-15(20)12(9-16)6-11-7-13(17-3)10(2)14(8-11)18-4/h7-8,12H,5-6H2,1-4H3. The zero-order valence-electron chi connectivity index (χ0n) is 12.2. The Balaban J connectivity index is 3.02. The maximum Gasteiger partial charge on any atom is 0.177 e. The molecule has 1 aromatic carbocycles. The summed E-state index contributed by atoms with van der Waals surface area (Å²) in [5.74, 6) is 1.01. The lowest BCUT2D eigenvalue weighted by molar-refractivity contribution is 0.318. The van der Waals surface area contributed by atoms with E-state index < -0.39 is 5.92 Å². The van der Waals surface area contributed by atoms with Crippen LogP contribution in [0.25, 0.3) is 0 Å². The third-order valence-corrected chi connectivity index (χ3v) is 3.38. The minimum absolute atomic E-state index is 0.327. The fourth-order valence-electron chi connectivity index (χ4n) is 1.92. The molecule has 0 N–H and O–H groups in total. The Morgan fingerprint density at radius 3 is 2.25 bits per heavy atom. The number of hydrogen-bond donors (Lipinski definition) is 0. The van der Waals surface area contributed by atoms with E-state index in [0.29, 0.717) is 18.1 Å². The van der Waals surface area contributed by atoms with Gasteiger partial charge in [-0.3, -0.25) is 0 Å². The molecule has 0 aliphatic carbocycles. The van der Waals surface area contributed by atoms with Crippen LogP contribution in [0, 0.1) is 24.2 Å². The molecule has 1 unspecified atom stereocenters. The van der Waals surface area contributed by atoms with E-state index in [-0.39, 0.29) is 0 Å². The maximum atomic E-state index is 9.21. The number of methoxy groups -OCH3 is 2. The van der Waals surface area contributed by atoms with Crippen molar-refractivity contribution in [2.45, 2.75) is 20.3 Å². The number of hydrogen-bond acceptors (Lipinski definition) is 5. The molecular formula is C15H19NO3S. The molecular weight excluding hydrogens is 274 g/mol. The van der Waals surface area contributed by atoms with E-state index in [1.807, 2.05) is 26.0 Å². The largest absolute Gasteiger partial charge is 0.496 e. The molecule has 0 aliphatic rings. The average Bonchev–Trinajstić information content (AvgIpc) is 2.46. The van der Waals surface area contributed by atoms with Gasteiger partial charge in [-0.1, -0.05) is 0 Å². The highest BCUT2D eigenvalue weighted by Gasteiger charge is 2.18. The molecule has 0 aromatic heterocycles. The van der Waals surface area contributed by atoms with Gasteiger partial charge in [0.15, 0.2) is 5.05 Å². The molecule has 0 amide bonds. The Morgan fingerprint density at radius 1 is 1.30 bits per heavy atom. The molecule has 0 bridgehead atoms. The van der Waals surface area contributed by atoms with Crippen LogP contribution in [-0.2, 0) is 11.2 Å². The van der Waals surface area contributed by atoms with E-state index in [4.69, 9.17) is 26.4 Å². The molecule has 1 rings (SSSR count). The fourth-order valence-corrected chi connectivity index (χ4v) is 2.17. The van der Waals surface area contributed by atoms with Crippen molar-refractivity contribution >= 4 is 17.3 Å². The predicted molar refractivity (Wildman–Crippen MR) is 81.3 cm³/mol. The van der Waals surface area contributed by atoms with Gasteiger partial charge in [-0.25, -0.2) is 0 Å². The summed E-state index contributed by atoms with van der Waals surface area (Å²) in [6.07, 6.45) is 0.475. The normalized spacial score (nSPS) is 11.3. The molecule has 0 saturated heterocycles. The van der Waals surface area contributed by atoms with Gasteiger partial charge in [0.25, 0.3) is 0 Å². The van der Waals surface area contributed by atoms with Gasteiger partial charge in [0, 0.05) is 5.56 Å². The number of benzene rings is 1. The van der Waals surface area contributed by atoms with Gasteiger partial charge in [-0.15, -0.1) is 0 Å². The van der Waals surface area contributed by atoms with E-state index in [2.05, 4.69) is 6.07 Å². The summed E-state index contributed by atoms with van der Waals surface area (Å²) >= 11 is 5.11. The van der Waals surface area contributed by atoms with Crippen molar-refractivity contribution in [2.24, 2.45) is 5.92 Å². The first-order valence-electron chi connectivity index (χ1n) is 6.35. The summed E-state index contributed by atoms with van der Waals surface area (Å²) in [5, 5.41) is 9.54. The average molecular weight is 293 g/mol. The van der Waals surface area contributed by atoms with Gasteiger partial charge in [0.1, 0.15) is 17.4 Å². The minimum atomic E-state index is -0.456. The molecule has 4 nitrogen and oxygen atoms in total. The molecule has 1 atom stereocenters. The lowest BCUT2D eigenvalue weighted by Crippen LogP contribution is -2.16. The van der Waals surface area contributed by atoms with E-state index in [9.17, 15) is 5.26 Å². The van der Waals surface area contributed by atoms with Crippen LogP contribution < -0.4 is 9.47 Å². The molecule has 0 fully saturated rings. The first-order valence-corrected chi connectivity index (χ1v) is 6.75. The summed E-state index contributed by atoms with van der Waals surface area (Å²) in [4.78, 5) is 0. The molecule has 5 heteroatoms. The van der Waals surface area contributed by atoms with Gasteiger partial charge < -0.3 is 14.2 Å². The van der Waals surface area contributed by atoms with Crippen molar-refractivity contribution in [3.05, 3.63) is 23.3 Å². The summed E-state index contributed by atoms with van der Waals surface area (Å²) in [5.41, 5.74) is 1.86. The molecule has 0 heterocycles. The Labute approximate surface area is 125 Å². The SMILES string of the molecule is CCOC(=S)C(C#N)Cc1cc(OC)c(C)c(OC)c1. The van der Waals surface area contributed by atoms with E-state index in [1.165, 1.54) is 0 Å². The first-order chi connectivity index (χ1) is 9.57. The quantitative estimate of drug-likeness (QED) is 0.754. The number of thiocarbonyl (C=S) groups is 1. The van der Waals surface area contributed by atoms with Crippen LogP contribution in [0.15, 0.2) is 12.1 Å². The van der Waals surface area contributed by atoms with Crippen LogP contribution in [0.2, 0.25) is 0 Å². The third kappa shape index (κ3) is 3.84. The van der Waals surface area contributed by atoms with Gasteiger partial charge in [-0.05, 0) is 50.2 Å². The second kappa shape index (κ2) is 7.71. The number of rotatable bonds is 6. The van der Waals surface area contributed by atoms with E-state index in [0.717, 1.165) is 22.6 Å². The van der Waals surface area contributed by atoms with Crippen LogP contribution in [0.1, 0.15) is 18.1 Å². The smallest absolute Gasteiger partial charge is 0.177 e. The molecule has 0 radical (unpaired) electrons. The number of nitriles is 1. The van der Waals surface area contributed by atoms with Crippen molar-refractivity contribution in [2.75, 3.05) is 20.8 Å². The maximum absolute atomic E-state index is 9.21. The second-order valence-corrected chi connectivity index (χ2v) is 4.67. The van der Waals surface area contributed by atoms with Crippen LogP contribution in [0.5, 0.6) is 11.5 Å². The van der Waals surface area contributed by atoms with Gasteiger partial charge in [0.2, 0.25) is 0 Å². The molecule has 1 aromatic rings. The van der Waals surface area contributed by atoms with Crippen molar-refractivity contribution in [3.8, 4) is 17.6 Å². The van der Waals surface area contributed by atoms with Crippen LogP contribution in [0.3, 0.4) is 0 Å². The van der Waals surface area contributed by atoms with Crippen molar-refractivity contribution in [3.63, 3.8) is 0 Å². The number of ether oxygens (including phenoxy) is 3. The number of nitrogens with zero attached hydrogens (tertiary/aromatic N) is 1. The minimum Gasteiger partial charge on any atom is -0.496 e. The summed E-state index contributed by atoms with van der Waals surface area (Å²) in [6.45, 7) is 4.24. The Hall–Kier alpha value is -1.80. The monoisotopic (exact) mass is 293 g/mol. The van der Waals surface area contributed by atoms with Crippen molar-refractivity contribution < 1.29 is 14.2 Å². The van der Waals surface area contributed by atoms with Gasteiger partial charge in [0.05, 0.1) is 26.9 Å². The summed E-state index contributed by atoms with van der Waals surface area (Å²) in [7, 11) is 3.22. The highest BCUT2D eigenvalue weighted by Crippen LogP contribution is 2.30. The highest BCUT2D eigenvalue weighted by atomic mass is 32.1. The highest BCUT2D eigenvalue weighted by molar-refractivity contribution is 7.80. The zero-order valence-corrected chi connectivity index (χ0v) is 13.0. The van der Waals surface area contributed by atoms with Crippen molar-refractivity contribution in [1.82, 2.24) is 0 Å². The predicted octanol–water partition coefficient (Wildman–Crippen LogP) is 3.06. The van der Waals surface area contributed by atoms with E-state index >= 15 is 0 Å². The Morgan fingerprint density at radius 2 is 1.85 bits per heavy atom. The van der Waals surface area contributed by atoms with Crippen LogP contribution in [0.4, 0.5) is 0 Å². The summed E-state index contributed by atoms with van der Waals surface area (Å²) < 4.78 is 15.9. The van der Waals surface area contributed by atoms with Crippen LogP contribution >= 0.6 is 12.2 Å². The van der Waals surface area contributed by atoms with Gasteiger partial charge in [-0.2, -0.15) is 5.26 Å². The molecule has 108 valence electrons. The molecule has 0 spiro atoms. The molecule has 0 saturated carbocycles. The van der Waals surface area contributed by atoms with Crippen LogP contribution in [-0.4, -0.2) is 25.9 Å². The lowest BCUT2D eigenvalue weighted by Gasteiger charge is -2.15. The fraction of sp³-hybridized carbons (Fsp3) is 0.467. The zero-order chi connectivity index (χ0) is 15.1. The Kier molecular flexibility index (Phi) is 6.26. The lowest BCUT2D eigenvalue weighted by atomic mass is 9.99. The topological polar surface area (TPSA) is 51.5 Å². The van der Waals surface area contributed by atoms with Crippen molar-refractivity contribution in [1.29, 1.82) is 5.26 Å². The molecule has 20 heavy (non-hydrogen) atoms. The Bertz CT molecular complexity index is 497. The van der Waals surface area contributed by atoms with E-state index in [1.54, 1.807) is 14.2 Å².